The Morgan fingerprint density at radius 1 is 0.638 bits per heavy atom. The Morgan fingerprint density at radius 3 is 1.51 bits per heavy atom. The van der Waals surface area contributed by atoms with E-state index in [4.69, 9.17) is 9.47 Å². The SMILES string of the molecule is CCCCCCCCCCCCCCC[C@@H](O)[C@@H](CO[C@H]1O[C@H](CO)[C@H](O)[C@H](O)[C@H]1O)NC(=O)CCCCCCCCCCCCC. The maximum absolute atomic E-state index is 12.9. The van der Waals surface area contributed by atoms with Gasteiger partial charge in [0, 0.05) is 6.42 Å². The number of aliphatic hydroxyl groups excluding tert-OH is 5. The summed E-state index contributed by atoms with van der Waals surface area (Å²) in [6, 6.07) is -0.708. The van der Waals surface area contributed by atoms with Crippen molar-refractivity contribution in [3.05, 3.63) is 0 Å². The van der Waals surface area contributed by atoms with Gasteiger partial charge in [0.05, 0.1) is 25.4 Å². The fourth-order valence-corrected chi connectivity index (χ4v) is 6.45. The molecule has 9 heteroatoms. The molecule has 0 spiro atoms. The van der Waals surface area contributed by atoms with E-state index in [2.05, 4.69) is 19.2 Å². The van der Waals surface area contributed by atoms with Crippen molar-refractivity contribution in [2.45, 2.75) is 224 Å². The van der Waals surface area contributed by atoms with E-state index >= 15 is 0 Å². The molecular formula is C38H75NO8. The molecule has 0 saturated carbocycles. The summed E-state index contributed by atoms with van der Waals surface area (Å²) >= 11 is 0. The lowest BCUT2D eigenvalue weighted by atomic mass is 9.99. The summed E-state index contributed by atoms with van der Waals surface area (Å²) in [5.41, 5.74) is 0. The number of unbranched alkanes of at least 4 members (excludes halogenated alkanes) is 22. The molecule has 280 valence electrons. The summed E-state index contributed by atoms with van der Waals surface area (Å²) in [6.45, 7) is 3.81. The number of carbonyl (C=O) groups is 1. The largest absolute Gasteiger partial charge is 0.394 e. The van der Waals surface area contributed by atoms with Crippen LogP contribution in [-0.4, -0.2) is 87.5 Å². The van der Waals surface area contributed by atoms with Gasteiger partial charge in [-0.2, -0.15) is 0 Å². The van der Waals surface area contributed by atoms with E-state index in [0.717, 1.165) is 38.5 Å². The second-order valence-corrected chi connectivity index (χ2v) is 14.1. The smallest absolute Gasteiger partial charge is 0.220 e. The molecule has 47 heavy (non-hydrogen) atoms. The van der Waals surface area contributed by atoms with Crippen molar-refractivity contribution in [2.24, 2.45) is 0 Å². The van der Waals surface area contributed by atoms with Crippen LogP contribution in [0.25, 0.3) is 0 Å². The third kappa shape index (κ3) is 21.8. The van der Waals surface area contributed by atoms with E-state index in [1.165, 1.54) is 116 Å². The van der Waals surface area contributed by atoms with E-state index < -0.39 is 49.5 Å². The van der Waals surface area contributed by atoms with Crippen molar-refractivity contribution in [1.82, 2.24) is 5.32 Å². The molecular weight excluding hydrogens is 598 g/mol. The zero-order valence-corrected chi connectivity index (χ0v) is 30.3. The molecule has 0 bridgehead atoms. The minimum Gasteiger partial charge on any atom is -0.394 e. The van der Waals surface area contributed by atoms with Gasteiger partial charge in [0.1, 0.15) is 24.4 Å². The molecule has 0 aromatic heterocycles. The van der Waals surface area contributed by atoms with Gasteiger partial charge in [-0.05, 0) is 12.8 Å². The minimum atomic E-state index is -1.55. The quantitative estimate of drug-likeness (QED) is 0.0426. The summed E-state index contributed by atoms with van der Waals surface area (Å²) in [4.78, 5) is 12.9. The highest BCUT2D eigenvalue weighted by Gasteiger charge is 2.44. The Kier molecular flexibility index (Phi) is 28.3. The lowest BCUT2D eigenvalue weighted by Crippen LogP contribution is -2.60. The summed E-state index contributed by atoms with van der Waals surface area (Å²) in [7, 11) is 0. The zero-order chi connectivity index (χ0) is 34.5. The topological polar surface area (TPSA) is 149 Å². The highest BCUT2D eigenvalue weighted by atomic mass is 16.7. The zero-order valence-electron chi connectivity index (χ0n) is 30.3. The van der Waals surface area contributed by atoms with Gasteiger partial charge in [0.25, 0.3) is 0 Å². The van der Waals surface area contributed by atoms with E-state index in [0.29, 0.717) is 12.8 Å². The first-order valence-corrected chi connectivity index (χ1v) is 19.7. The van der Waals surface area contributed by atoms with Crippen molar-refractivity contribution in [3.8, 4) is 0 Å². The first-order valence-electron chi connectivity index (χ1n) is 19.7. The summed E-state index contributed by atoms with van der Waals surface area (Å²) in [6.07, 6.45) is 22.5. The maximum atomic E-state index is 12.9. The van der Waals surface area contributed by atoms with Gasteiger partial charge < -0.3 is 40.3 Å². The Balaban J connectivity index is 2.41. The van der Waals surface area contributed by atoms with Crippen molar-refractivity contribution >= 4 is 5.91 Å². The van der Waals surface area contributed by atoms with Gasteiger partial charge in [-0.25, -0.2) is 0 Å². The fraction of sp³-hybridized carbons (Fsp3) is 0.974. The van der Waals surface area contributed by atoms with Crippen molar-refractivity contribution in [2.75, 3.05) is 13.2 Å². The lowest BCUT2D eigenvalue weighted by molar-refractivity contribution is -0.302. The molecule has 1 amide bonds. The van der Waals surface area contributed by atoms with Crippen LogP contribution < -0.4 is 5.32 Å². The van der Waals surface area contributed by atoms with Crippen LogP contribution in [0.15, 0.2) is 0 Å². The number of hydrogen-bond donors (Lipinski definition) is 6. The third-order valence-corrected chi connectivity index (χ3v) is 9.71. The monoisotopic (exact) mass is 674 g/mol. The minimum absolute atomic E-state index is 0.133. The van der Waals surface area contributed by atoms with Gasteiger partial charge in [-0.3, -0.25) is 4.79 Å². The molecule has 7 atom stereocenters. The van der Waals surface area contributed by atoms with Crippen molar-refractivity contribution < 1.29 is 39.8 Å². The second kappa shape index (κ2) is 30.1. The van der Waals surface area contributed by atoms with Crippen molar-refractivity contribution in [1.29, 1.82) is 0 Å². The number of carbonyl (C=O) groups excluding carboxylic acids is 1. The molecule has 0 aliphatic carbocycles. The standard InChI is InChI=1S/C38H75NO8/c1-3-5-7-9-11-13-15-16-18-19-21-23-25-27-32(41)31(30-46-38-37(45)36(44)35(43)33(29-40)47-38)39-34(42)28-26-24-22-20-17-14-12-10-8-6-4-2/h31-33,35-38,40-41,43-45H,3-30H2,1-2H3,(H,39,42)/t31-,32-,33-,35+,36+,37-,38+/m1/s1. The van der Waals surface area contributed by atoms with Crippen LogP contribution in [0.5, 0.6) is 0 Å². The number of hydrogen-bond acceptors (Lipinski definition) is 8. The average molecular weight is 674 g/mol. The van der Waals surface area contributed by atoms with Crippen LogP contribution in [0.3, 0.4) is 0 Å². The molecule has 1 aliphatic rings. The van der Waals surface area contributed by atoms with Crippen LogP contribution in [0, 0.1) is 0 Å². The summed E-state index contributed by atoms with van der Waals surface area (Å²) < 4.78 is 11.2. The number of amides is 1. The molecule has 1 heterocycles. The van der Waals surface area contributed by atoms with Crippen LogP contribution in [0.2, 0.25) is 0 Å². The number of nitrogens with one attached hydrogen (secondary N) is 1. The molecule has 0 unspecified atom stereocenters. The predicted molar refractivity (Wildman–Crippen MR) is 189 cm³/mol. The highest BCUT2D eigenvalue weighted by molar-refractivity contribution is 5.76. The average Bonchev–Trinajstić information content (AvgIpc) is 3.07. The van der Waals surface area contributed by atoms with Crippen LogP contribution >= 0.6 is 0 Å². The molecule has 1 fully saturated rings. The first-order chi connectivity index (χ1) is 22.8. The Labute approximate surface area is 287 Å². The summed E-state index contributed by atoms with van der Waals surface area (Å²) in [5, 5.41) is 54.0. The van der Waals surface area contributed by atoms with Crippen molar-refractivity contribution in [3.63, 3.8) is 0 Å². The Hall–Kier alpha value is -0.810. The van der Waals surface area contributed by atoms with Gasteiger partial charge >= 0.3 is 0 Å². The second-order valence-electron chi connectivity index (χ2n) is 14.1. The molecule has 1 saturated heterocycles. The Morgan fingerprint density at radius 2 is 1.06 bits per heavy atom. The maximum Gasteiger partial charge on any atom is 0.220 e. The van der Waals surface area contributed by atoms with Crippen LogP contribution in [0.4, 0.5) is 0 Å². The van der Waals surface area contributed by atoms with E-state index in [9.17, 15) is 30.3 Å². The highest BCUT2D eigenvalue weighted by Crippen LogP contribution is 2.23. The predicted octanol–water partition coefficient (Wildman–Crippen LogP) is 6.83. The third-order valence-electron chi connectivity index (χ3n) is 9.71. The van der Waals surface area contributed by atoms with E-state index in [-0.39, 0.29) is 12.5 Å². The Bertz CT molecular complexity index is 711. The fourth-order valence-electron chi connectivity index (χ4n) is 6.45. The van der Waals surface area contributed by atoms with E-state index in [1.54, 1.807) is 0 Å². The van der Waals surface area contributed by atoms with Gasteiger partial charge in [0.15, 0.2) is 6.29 Å². The number of rotatable bonds is 32. The molecule has 0 aromatic rings. The normalized spacial score (nSPS) is 22.7. The molecule has 0 aromatic carbocycles. The van der Waals surface area contributed by atoms with Gasteiger partial charge in [-0.1, -0.05) is 162 Å². The van der Waals surface area contributed by atoms with Gasteiger partial charge in [-0.15, -0.1) is 0 Å². The molecule has 1 rings (SSSR count). The van der Waals surface area contributed by atoms with Crippen LogP contribution in [0.1, 0.15) is 181 Å². The first kappa shape index (κ1) is 44.2. The lowest BCUT2D eigenvalue weighted by Gasteiger charge is -2.40. The molecule has 9 nitrogen and oxygen atoms in total. The number of ether oxygens (including phenoxy) is 2. The molecule has 0 radical (unpaired) electrons. The molecule has 6 N–H and O–H groups in total. The summed E-state index contributed by atoms with van der Waals surface area (Å²) in [5.74, 6) is -0.146. The van der Waals surface area contributed by atoms with E-state index in [1.807, 2.05) is 0 Å². The van der Waals surface area contributed by atoms with Crippen LogP contribution in [-0.2, 0) is 14.3 Å². The van der Waals surface area contributed by atoms with Gasteiger partial charge in [0.2, 0.25) is 5.91 Å². The molecule has 1 aliphatic heterocycles. The number of aliphatic hydroxyl groups is 5.